The van der Waals surface area contributed by atoms with E-state index < -0.39 is 18.2 Å². The lowest BCUT2D eigenvalue weighted by atomic mass is 10.0. The molecule has 0 heterocycles. The van der Waals surface area contributed by atoms with Gasteiger partial charge in [0.25, 0.3) is 0 Å². The molecule has 61 heavy (non-hydrogen) atoms. The maximum atomic E-state index is 13.2. The number of unbranched alkanes of at least 4 members (excludes halogenated alkanes) is 31. The second-order valence-electron chi connectivity index (χ2n) is 18.3. The van der Waals surface area contributed by atoms with Gasteiger partial charge in [-0.05, 0) is 70.6 Å². The third-order valence-corrected chi connectivity index (χ3v) is 12.2. The zero-order chi connectivity index (χ0) is 44.5. The molecule has 0 aliphatic rings. The molecule has 1 amide bonds. The van der Waals surface area contributed by atoms with Gasteiger partial charge in [-0.15, -0.1) is 0 Å². The van der Waals surface area contributed by atoms with Crippen LogP contribution in [0.15, 0.2) is 36.5 Å². The fraction of sp³-hybridized carbons (Fsp3) is 0.855. The van der Waals surface area contributed by atoms with Crippen LogP contribution >= 0.6 is 0 Å². The zero-order valence-electron chi connectivity index (χ0n) is 40.8. The Bertz CT molecular complexity index is 1010. The number of amides is 1. The van der Waals surface area contributed by atoms with Crippen molar-refractivity contribution < 1.29 is 24.5 Å². The average Bonchev–Trinajstić information content (AvgIpc) is 3.25. The molecule has 0 spiro atoms. The normalized spacial score (nSPS) is 13.5. The Hall–Kier alpha value is -1.92. The second kappa shape index (κ2) is 49.1. The number of hydrogen-bond donors (Lipinski definition) is 3. The maximum Gasteiger partial charge on any atom is 0.306 e. The standard InChI is InChI=1S/C55H103NO5/c1-4-7-10-13-16-19-22-24-26-27-28-29-31-33-36-39-42-45-48-55(60)61-51(46-43-40-37-34-32-30-25-23-20-17-14-11-8-5-2)49-54(59)56-52(50-57)53(58)47-44-41-38-35-21-18-15-12-9-6-3/h28-30,32,34,37,51-53,57-58H,4-27,31,33,35-36,38-50H2,1-3H3,(H,56,59)/b29-28+,32-30+,37-34+. The van der Waals surface area contributed by atoms with Gasteiger partial charge < -0.3 is 20.3 Å². The van der Waals surface area contributed by atoms with Gasteiger partial charge in [-0.3, -0.25) is 9.59 Å². The lowest BCUT2D eigenvalue weighted by Gasteiger charge is -2.24. The third-order valence-electron chi connectivity index (χ3n) is 12.2. The highest BCUT2D eigenvalue weighted by atomic mass is 16.5. The molecule has 6 heteroatoms. The zero-order valence-corrected chi connectivity index (χ0v) is 40.8. The van der Waals surface area contributed by atoms with Gasteiger partial charge in [-0.2, -0.15) is 0 Å². The number of hydrogen-bond acceptors (Lipinski definition) is 5. The Morgan fingerprint density at radius 1 is 0.475 bits per heavy atom. The molecule has 0 saturated carbocycles. The van der Waals surface area contributed by atoms with Crippen molar-refractivity contribution in [1.29, 1.82) is 0 Å². The summed E-state index contributed by atoms with van der Waals surface area (Å²) in [5.41, 5.74) is 0. The van der Waals surface area contributed by atoms with Gasteiger partial charge in [-0.1, -0.05) is 231 Å². The largest absolute Gasteiger partial charge is 0.462 e. The lowest BCUT2D eigenvalue weighted by Crippen LogP contribution is -2.46. The van der Waals surface area contributed by atoms with Crippen LogP contribution in [0.5, 0.6) is 0 Å². The van der Waals surface area contributed by atoms with E-state index >= 15 is 0 Å². The molecule has 3 atom stereocenters. The third kappa shape index (κ3) is 44.5. The van der Waals surface area contributed by atoms with E-state index in [2.05, 4.69) is 62.5 Å². The van der Waals surface area contributed by atoms with Crippen LogP contribution in [0.4, 0.5) is 0 Å². The van der Waals surface area contributed by atoms with Crippen LogP contribution in [0.1, 0.15) is 278 Å². The highest BCUT2D eigenvalue weighted by Gasteiger charge is 2.24. The first kappa shape index (κ1) is 59.1. The Morgan fingerprint density at radius 3 is 1.30 bits per heavy atom. The van der Waals surface area contributed by atoms with E-state index in [0.717, 1.165) is 64.2 Å². The minimum Gasteiger partial charge on any atom is -0.462 e. The summed E-state index contributed by atoms with van der Waals surface area (Å²) >= 11 is 0. The summed E-state index contributed by atoms with van der Waals surface area (Å²) in [5.74, 6) is -0.522. The molecule has 0 aromatic rings. The van der Waals surface area contributed by atoms with Gasteiger partial charge in [0, 0.05) is 6.42 Å². The number of ether oxygens (including phenoxy) is 1. The summed E-state index contributed by atoms with van der Waals surface area (Å²) in [6.45, 7) is 6.46. The number of aliphatic hydroxyl groups is 2. The molecule has 0 aliphatic heterocycles. The van der Waals surface area contributed by atoms with E-state index in [1.807, 2.05) is 0 Å². The summed E-state index contributed by atoms with van der Waals surface area (Å²) in [4.78, 5) is 26.1. The predicted octanol–water partition coefficient (Wildman–Crippen LogP) is 16.1. The van der Waals surface area contributed by atoms with Gasteiger partial charge >= 0.3 is 5.97 Å². The molecule has 0 bridgehead atoms. The first-order chi connectivity index (χ1) is 30.0. The van der Waals surface area contributed by atoms with Crippen LogP contribution in [-0.4, -0.2) is 46.9 Å². The van der Waals surface area contributed by atoms with Gasteiger partial charge in [0.2, 0.25) is 5.91 Å². The van der Waals surface area contributed by atoms with E-state index in [1.165, 1.54) is 167 Å². The van der Waals surface area contributed by atoms with E-state index in [-0.39, 0.29) is 24.9 Å². The van der Waals surface area contributed by atoms with Gasteiger partial charge in [-0.25, -0.2) is 0 Å². The molecular formula is C55H103NO5. The van der Waals surface area contributed by atoms with Crippen LogP contribution in [0.2, 0.25) is 0 Å². The van der Waals surface area contributed by atoms with Crippen molar-refractivity contribution in [2.24, 2.45) is 0 Å². The fourth-order valence-corrected chi connectivity index (χ4v) is 8.13. The lowest BCUT2D eigenvalue weighted by molar-refractivity contribution is -0.151. The highest BCUT2D eigenvalue weighted by Crippen LogP contribution is 2.17. The van der Waals surface area contributed by atoms with Crippen molar-refractivity contribution in [3.05, 3.63) is 36.5 Å². The maximum absolute atomic E-state index is 13.2. The van der Waals surface area contributed by atoms with Crippen LogP contribution < -0.4 is 5.32 Å². The smallest absolute Gasteiger partial charge is 0.306 e. The van der Waals surface area contributed by atoms with Crippen molar-refractivity contribution in [1.82, 2.24) is 5.32 Å². The number of aliphatic hydroxyl groups excluding tert-OH is 2. The molecular weight excluding hydrogens is 755 g/mol. The molecule has 0 aromatic heterocycles. The van der Waals surface area contributed by atoms with E-state index in [9.17, 15) is 19.8 Å². The summed E-state index contributed by atoms with van der Waals surface area (Å²) in [6.07, 6.45) is 57.9. The summed E-state index contributed by atoms with van der Waals surface area (Å²) in [6, 6.07) is -0.714. The topological polar surface area (TPSA) is 95.9 Å². The molecule has 0 rings (SSSR count). The summed E-state index contributed by atoms with van der Waals surface area (Å²) < 4.78 is 5.91. The van der Waals surface area contributed by atoms with E-state index in [1.54, 1.807) is 0 Å². The molecule has 3 N–H and O–H groups in total. The minimum atomic E-state index is -0.798. The van der Waals surface area contributed by atoms with E-state index in [0.29, 0.717) is 19.3 Å². The molecule has 358 valence electrons. The number of carbonyl (C=O) groups excluding carboxylic acids is 2. The van der Waals surface area contributed by atoms with Crippen LogP contribution in [0.25, 0.3) is 0 Å². The molecule has 0 radical (unpaired) electrons. The van der Waals surface area contributed by atoms with Crippen molar-refractivity contribution in [3.8, 4) is 0 Å². The van der Waals surface area contributed by atoms with Crippen LogP contribution in [0.3, 0.4) is 0 Å². The van der Waals surface area contributed by atoms with Crippen molar-refractivity contribution >= 4 is 11.9 Å². The van der Waals surface area contributed by atoms with Crippen molar-refractivity contribution in [2.45, 2.75) is 296 Å². The van der Waals surface area contributed by atoms with Crippen LogP contribution in [0, 0.1) is 0 Å². The number of carbonyl (C=O) groups is 2. The predicted molar refractivity (Wildman–Crippen MR) is 264 cm³/mol. The molecule has 0 saturated heterocycles. The number of nitrogens with one attached hydrogen (secondary N) is 1. The Balaban J connectivity index is 4.60. The quantitative estimate of drug-likeness (QED) is 0.0245. The highest BCUT2D eigenvalue weighted by molar-refractivity contribution is 5.77. The second-order valence-corrected chi connectivity index (χ2v) is 18.3. The Kier molecular flexibility index (Phi) is 47.6. The first-order valence-electron chi connectivity index (χ1n) is 26.7. The summed E-state index contributed by atoms with van der Waals surface area (Å²) in [5, 5.41) is 23.7. The molecule has 3 unspecified atom stereocenters. The molecule has 6 nitrogen and oxygen atoms in total. The minimum absolute atomic E-state index is 0.0436. The SMILES string of the molecule is CCCCCCCCC/C=C/C=C/CCCC(CC(=O)NC(CO)C(O)CCCCCCCCCCCC)OC(=O)CCCCCCC/C=C/CCCCCCCCCCC. The first-order valence-corrected chi connectivity index (χ1v) is 26.7. The molecule has 0 aromatic carbocycles. The monoisotopic (exact) mass is 858 g/mol. The molecule has 0 aliphatic carbocycles. The van der Waals surface area contributed by atoms with Crippen LogP contribution in [-0.2, 0) is 14.3 Å². The Morgan fingerprint density at radius 2 is 0.852 bits per heavy atom. The average molecular weight is 858 g/mol. The van der Waals surface area contributed by atoms with Gasteiger partial charge in [0.05, 0.1) is 25.2 Å². The Labute approximate surface area is 379 Å². The number of esters is 1. The fourth-order valence-electron chi connectivity index (χ4n) is 8.13. The number of rotatable bonds is 48. The summed E-state index contributed by atoms with van der Waals surface area (Å²) in [7, 11) is 0. The van der Waals surface area contributed by atoms with Gasteiger partial charge in [0.1, 0.15) is 6.10 Å². The van der Waals surface area contributed by atoms with E-state index in [4.69, 9.17) is 4.74 Å². The molecule has 0 fully saturated rings. The van der Waals surface area contributed by atoms with Crippen molar-refractivity contribution in [3.63, 3.8) is 0 Å². The van der Waals surface area contributed by atoms with Crippen molar-refractivity contribution in [2.75, 3.05) is 6.61 Å². The number of allylic oxidation sites excluding steroid dienone is 6. The van der Waals surface area contributed by atoms with Gasteiger partial charge in [0.15, 0.2) is 0 Å².